The van der Waals surface area contributed by atoms with Crippen LogP contribution in [0.3, 0.4) is 0 Å². The molecule has 1 N–H and O–H groups in total. The van der Waals surface area contributed by atoms with Gasteiger partial charge in [0.25, 0.3) is 0 Å². The van der Waals surface area contributed by atoms with E-state index in [0.717, 1.165) is 16.9 Å². The van der Waals surface area contributed by atoms with Gasteiger partial charge in [-0.25, -0.2) is 9.97 Å². The first kappa shape index (κ1) is 13.3. The van der Waals surface area contributed by atoms with Crippen molar-refractivity contribution in [3.8, 4) is 0 Å². The number of anilines is 1. The van der Waals surface area contributed by atoms with Crippen LogP contribution >= 0.6 is 0 Å². The van der Waals surface area contributed by atoms with Gasteiger partial charge in [0.05, 0.1) is 5.52 Å². The van der Waals surface area contributed by atoms with E-state index in [4.69, 9.17) is 0 Å². The van der Waals surface area contributed by atoms with Crippen LogP contribution in [0.15, 0.2) is 30.5 Å². The van der Waals surface area contributed by atoms with E-state index in [1.807, 2.05) is 30.5 Å². The summed E-state index contributed by atoms with van der Waals surface area (Å²) in [4.78, 5) is 11.6. The predicted molar refractivity (Wildman–Crippen MR) is 82.9 cm³/mol. The molecule has 1 saturated heterocycles. The topological polar surface area (TPSA) is 41.0 Å². The molecule has 3 rings (SSSR count). The Morgan fingerprint density at radius 3 is 2.85 bits per heavy atom. The normalized spacial score (nSPS) is 17.4. The molecule has 1 aliphatic heterocycles. The molecule has 1 fully saturated rings. The molecule has 1 aromatic carbocycles. The highest BCUT2D eigenvalue weighted by molar-refractivity contribution is 5.78. The maximum atomic E-state index is 4.59. The zero-order chi connectivity index (χ0) is 13.8. The molecule has 106 valence electrons. The fourth-order valence-electron chi connectivity index (χ4n) is 2.84. The van der Waals surface area contributed by atoms with E-state index in [1.54, 1.807) is 0 Å². The molecule has 0 saturated carbocycles. The van der Waals surface area contributed by atoms with Crippen LogP contribution in [-0.2, 0) is 0 Å². The molecule has 2 heterocycles. The second-order valence-electron chi connectivity index (χ2n) is 5.51. The fraction of sp³-hybridized carbons (Fsp3) is 0.500. The molecule has 0 atom stereocenters. The molecule has 2 aromatic rings. The van der Waals surface area contributed by atoms with Crippen LogP contribution in [-0.4, -0.2) is 40.5 Å². The number of benzene rings is 1. The van der Waals surface area contributed by atoms with E-state index in [0.29, 0.717) is 6.04 Å². The Labute approximate surface area is 120 Å². The first-order chi connectivity index (χ1) is 9.85. The van der Waals surface area contributed by atoms with E-state index in [9.17, 15) is 0 Å². The Morgan fingerprint density at radius 2 is 2.05 bits per heavy atom. The smallest absolute Gasteiger partial charge is 0.223 e. The Bertz CT molecular complexity index is 561. The van der Waals surface area contributed by atoms with E-state index in [-0.39, 0.29) is 0 Å². The average molecular weight is 270 g/mol. The summed E-state index contributed by atoms with van der Waals surface area (Å²) >= 11 is 0. The van der Waals surface area contributed by atoms with Crippen molar-refractivity contribution in [2.45, 2.75) is 32.2 Å². The second kappa shape index (κ2) is 6.18. The quantitative estimate of drug-likeness (QED) is 0.927. The van der Waals surface area contributed by atoms with Gasteiger partial charge >= 0.3 is 0 Å². The van der Waals surface area contributed by atoms with Crippen molar-refractivity contribution in [2.75, 3.05) is 25.0 Å². The number of likely N-dealkylation sites (tertiary alicyclic amines) is 1. The van der Waals surface area contributed by atoms with E-state index >= 15 is 0 Å². The minimum Gasteiger partial charge on any atom is -0.351 e. The van der Waals surface area contributed by atoms with Crippen molar-refractivity contribution >= 4 is 16.9 Å². The molecule has 0 unspecified atom stereocenters. The highest BCUT2D eigenvalue weighted by Crippen LogP contribution is 2.16. The number of fused-ring (bicyclic) bond motifs is 1. The van der Waals surface area contributed by atoms with Gasteiger partial charge in [-0.1, -0.05) is 25.1 Å². The van der Waals surface area contributed by atoms with Crippen LogP contribution < -0.4 is 5.32 Å². The standard InChI is InChI=1S/C16H22N4/c1-2-9-20-10-7-14(8-11-20)18-16-17-12-13-5-3-4-6-15(13)19-16/h3-6,12,14H,2,7-11H2,1H3,(H,17,18,19). The van der Waals surface area contributed by atoms with Crippen LogP contribution in [0.2, 0.25) is 0 Å². The zero-order valence-corrected chi connectivity index (χ0v) is 12.0. The molecule has 0 aliphatic carbocycles. The number of rotatable bonds is 4. The van der Waals surface area contributed by atoms with E-state index < -0.39 is 0 Å². The Balaban J connectivity index is 1.62. The summed E-state index contributed by atoms with van der Waals surface area (Å²) in [6.07, 6.45) is 5.50. The van der Waals surface area contributed by atoms with Crippen molar-refractivity contribution in [3.05, 3.63) is 30.5 Å². The minimum atomic E-state index is 0.504. The summed E-state index contributed by atoms with van der Waals surface area (Å²) in [6, 6.07) is 8.61. The summed E-state index contributed by atoms with van der Waals surface area (Å²) in [5.41, 5.74) is 1.01. The molecular formula is C16H22N4. The molecule has 1 aromatic heterocycles. The van der Waals surface area contributed by atoms with Gasteiger partial charge in [-0.2, -0.15) is 0 Å². The van der Waals surface area contributed by atoms with Gasteiger partial charge in [0.15, 0.2) is 0 Å². The number of piperidine rings is 1. The SMILES string of the molecule is CCCN1CCC(Nc2ncc3ccccc3n2)CC1. The molecule has 0 bridgehead atoms. The maximum absolute atomic E-state index is 4.59. The van der Waals surface area contributed by atoms with Crippen molar-refractivity contribution in [3.63, 3.8) is 0 Å². The predicted octanol–water partition coefficient (Wildman–Crippen LogP) is 2.92. The van der Waals surface area contributed by atoms with Gasteiger partial charge in [-0.3, -0.25) is 0 Å². The summed E-state index contributed by atoms with van der Waals surface area (Å²) < 4.78 is 0. The molecule has 20 heavy (non-hydrogen) atoms. The lowest BCUT2D eigenvalue weighted by Crippen LogP contribution is -2.39. The van der Waals surface area contributed by atoms with Crippen molar-refractivity contribution in [1.29, 1.82) is 0 Å². The van der Waals surface area contributed by atoms with Gasteiger partial charge in [-0.05, 0) is 31.9 Å². The van der Waals surface area contributed by atoms with Crippen LogP contribution in [0.1, 0.15) is 26.2 Å². The molecule has 4 nitrogen and oxygen atoms in total. The van der Waals surface area contributed by atoms with Crippen LogP contribution in [0.4, 0.5) is 5.95 Å². The highest BCUT2D eigenvalue weighted by Gasteiger charge is 2.18. The molecule has 1 aliphatic rings. The van der Waals surface area contributed by atoms with Crippen LogP contribution in [0.25, 0.3) is 10.9 Å². The van der Waals surface area contributed by atoms with Gasteiger partial charge < -0.3 is 10.2 Å². The van der Waals surface area contributed by atoms with Gasteiger partial charge in [0, 0.05) is 30.7 Å². The molecule has 0 radical (unpaired) electrons. The fourth-order valence-corrected chi connectivity index (χ4v) is 2.84. The van der Waals surface area contributed by atoms with Gasteiger partial charge in [0.2, 0.25) is 5.95 Å². The first-order valence-corrected chi connectivity index (χ1v) is 7.56. The van der Waals surface area contributed by atoms with Gasteiger partial charge in [0.1, 0.15) is 0 Å². The van der Waals surface area contributed by atoms with Crippen LogP contribution in [0, 0.1) is 0 Å². The van der Waals surface area contributed by atoms with Crippen LogP contribution in [0.5, 0.6) is 0 Å². The summed E-state index contributed by atoms with van der Waals surface area (Å²) in [5, 5.41) is 4.58. The third kappa shape index (κ3) is 3.07. The molecule has 0 amide bonds. The number of para-hydroxylation sites is 1. The van der Waals surface area contributed by atoms with Crippen molar-refractivity contribution < 1.29 is 0 Å². The molecule has 4 heteroatoms. The Hall–Kier alpha value is -1.68. The minimum absolute atomic E-state index is 0.504. The first-order valence-electron chi connectivity index (χ1n) is 7.56. The number of aromatic nitrogens is 2. The molecule has 0 spiro atoms. The second-order valence-corrected chi connectivity index (χ2v) is 5.51. The third-order valence-corrected chi connectivity index (χ3v) is 3.95. The number of hydrogen-bond donors (Lipinski definition) is 1. The Morgan fingerprint density at radius 1 is 1.25 bits per heavy atom. The van der Waals surface area contributed by atoms with Crippen molar-refractivity contribution in [1.82, 2.24) is 14.9 Å². The summed E-state index contributed by atoms with van der Waals surface area (Å²) in [7, 11) is 0. The zero-order valence-electron chi connectivity index (χ0n) is 12.0. The number of nitrogens with one attached hydrogen (secondary N) is 1. The lowest BCUT2D eigenvalue weighted by Gasteiger charge is -2.32. The number of hydrogen-bond acceptors (Lipinski definition) is 4. The monoisotopic (exact) mass is 270 g/mol. The average Bonchev–Trinajstić information content (AvgIpc) is 2.49. The summed E-state index contributed by atoms with van der Waals surface area (Å²) in [6.45, 7) is 5.82. The van der Waals surface area contributed by atoms with Gasteiger partial charge in [-0.15, -0.1) is 0 Å². The van der Waals surface area contributed by atoms with E-state index in [1.165, 1.54) is 38.9 Å². The summed E-state index contributed by atoms with van der Waals surface area (Å²) in [5.74, 6) is 0.762. The Kier molecular flexibility index (Phi) is 4.11. The molecular weight excluding hydrogens is 248 g/mol. The third-order valence-electron chi connectivity index (χ3n) is 3.95. The van der Waals surface area contributed by atoms with Crippen molar-refractivity contribution in [2.24, 2.45) is 0 Å². The highest BCUT2D eigenvalue weighted by atomic mass is 15.2. The van der Waals surface area contributed by atoms with E-state index in [2.05, 4.69) is 27.1 Å². The lowest BCUT2D eigenvalue weighted by molar-refractivity contribution is 0.219. The number of nitrogens with zero attached hydrogens (tertiary/aromatic N) is 3. The lowest BCUT2D eigenvalue weighted by atomic mass is 10.1. The largest absolute Gasteiger partial charge is 0.351 e. The maximum Gasteiger partial charge on any atom is 0.223 e.